The molecular formula is C19H14ClN3O5S. The van der Waals surface area contributed by atoms with Gasteiger partial charge in [0.05, 0.1) is 20.5 Å². The zero-order valence-corrected chi connectivity index (χ0v) is 16.6. The van der Waals surface area contributed by atoms with Crippen LogP contribution in [0.3, 0.4) is 0 Å². The van der Waals surface area contributed by atoms with E-state index >= 15 is 0 Å². The number of hydrogen-bond acceptors (Lipinski definition) is 6. The third kappa shape index (κ3) is 4.64. The molecule has 3 amide bonds. The topological polar surface area (TPSA) is 110 Å². The Morgan fingerprint density at radius 3 is 2.69 bits per heavy atom. The maximum atomic E-state index is 12.5. The molecule has 1 heterocycles. The third-order valence-electron chi connectivity index (χ3n) is 4.05. The summed E-state index contributed by atoms with van der Waals surface area (Å²) in [5.74, 6) is -1.22. The molecular weight excluding hydrogens is 418 g/mol. The maximum Gasteiger partial charge on any atom is 0.294 e. The fraction of sp³-hybridized carbons (Fsp3) is 0.105. The summed E-state index contributed by atoms with van der Waals surface area (Å²) in [7, 11) is 0. The van der Waals surface area contributed by atoms with Crippen LogP contribution in [0.2, 0.25) is 5.02 Å². The van der Waals surface area contributed by atoms with Crippen molar-refractivity contribution in [1.29, 1.82) is 0 Å². The summed E-state index contributed by atoms with van der Waals surface area (Å²) in [5.41, 5.74) is 1.18. The van der Waals surface area contributed by atoms with Crippen LogP contribution in [0.25, 0.3) is 6.08 Å². The number of nitrogens with zero attached hydrogens (tertiary/aromatic N) is 2. The molecule has 29 heavy (non-hydrogen) atoms. The van der Waals surface area contributed by atoms with Crippen molar-refractivity contribution in [3.05, 3.63) is 73.6 Å². The van der Waals surface area contributed by atoms with Crippen molar-refractivity contribution >= 4 is 57.9 Å². The number of nitrogens with one attached hydrogen (secondary N) is 1. The van der Waals surface area contributed by atoms with E-state index in [0.717, 1.165) is 4.90 Å². The van der Waals surface area contributed by atoms with E-state index in [1.807, 2.05) is 0 Å². The van der Waals surface area contributed by atoms with Crippen LogP contribution >= 0.6 is 23.4 Å². The van der Waals surface area contributed by atoms with Crippen LogP contribution in [-0.4, -0.2) is 33.4 Å². The molecule has 1 saturated heterocycles. The Kier molecular flexibility index (Phi) is 6.00. The molecule has 3 rings (SSSR count). The highest BCUT2D eigenvalue weighted by Gasteiger charge is 2.36. The van der Waals surface area contributed by atoms with Crippen molar-refractivity contribution in [2.24, 2.45) is 0 Å². The number of thioether (sulfide) groups is 1. The minimum Gasteiger partial charge on any atom is -0.323 e. The van der Waals surface area contributed by atoms with E-state index < -0.39 is 28.5 Å². The Bertz CT molecular complexity index is 1070. The zero-order chi connectivity index (χ0) is 21.1. The summed E-state index contributed by atoms with van der Waals surface area (Å²) < 4.78 is 0. The minimum atomic E-state index is -0.641. The highest BCUT2D eigenvalue weighted by atomic mass is 35.5. The fourth-order valence-electron chi connectivity index (χ4n) is 2.60. The van der Waals surface area contributed by atoms with Crippen LogP contribution in [0.5, 0.6) is 0 Å². The smallest absolute Gasteiger partial charge is 0.294 e. The van der Waals surface area contributed by atoms with Gasteiger partial charge in [-0.25, -0.2) is 0 Å². The highest BCUT2D eigenvalue weighted by Crippen LogP contribution is 2.33. The van der Waals surface area contributed by atoms with Crippen molar-refractivity contribution in [3.63, 3.8) is 0 Å². The summed E-state index contributed by atoms with van der Waals surface area (Å²) in [6.45, 7) is 1.13. The van der Waals surface area contributed by atoms with Crippen LogP contribution in [0.15, 0.2) is 47.4 Å². The molecule has 0 radical (unpaired) electrons. The predicted molar refractivity (Wildman–Crippen MR) is 111 cm³/mol. The van der Waals surface area contributed by atoms with Crippen LogP contribution < -0.4 is 5.32 Å². The van der Waals surface area contributed by atoms with Gasteiger partial charge in [0.1, 0.15) is 6.54 Å². The molecule has 0 aliphatic carbocycles. The molecule has 8 nitrogen and oxygen atoms in total. The number of para-hydroxylation sites is 1. The third-order valence-corrected chi connectivity index (χ3v) is 5.29. The lowest BCUT2D eigenvalue weighted by Crippen LogP contribution is -2.36. The van der Waals surface area contributed by atoms with Gasteiger partial charge >= 0.3 is 0 Å². The summed E-state index contributed by atoms with van der Waals surface area (Å²) in [5, 5.41) is 13.3. The molecule has 0 atom stereocenters. The van der Waals surface area contributed by atoms with Crippen LogP contribution in [0, 0.1) is 17.0 Å². The first-order valence-electron chi connectivity index (χ1n) is 8.31. The van der Waals surface area contributed by atoms with Crippen molar-refractivity contribution in [2.75, 3.05) is 11.9 Å². The van der Waals surface area contributed by atoms with Gasteiger partial charge < -0.3 is 5.32 Å². The van der Waals surface area contributed by atoms with Crippen molar-refractivity contribution < 1.29 is 19.3 Å². The molecule has 0 bridgehead atoms. The number of aryl methyl sites for hydroxylation is 1. The van der Waals surface area contributed by atoms with E-state index in [0.29, 0.717) is 33.6 Å². The van der Waals surface area contributed by atoms with Gasteiger partial charge in [0.15, 0.2) is 0 Å². The number of nitro groups is 1. The second-order valence-corrected chi connectivity index (χ2v) is 7.50. The molecule has 148 valence electrons. The number of hydrogen-bond donors (Lipinski definition) is 1. The zero-order valence-electron chi connectivity index (χ0n) is 15.0. The second kappa shape index (κ2) is 8.46. The number of carbonyl (C=O) groups is 3. The summed E-state index contributed by atoms with van der Waals surface area (Å²) in [6, 6.07) is 11.1. The summed E-state index contributed by atoms with van der Waals surface area (Å²) >= 11 is 6.65. The molecule has 1 aliphatic rings. The van der Waals surface area contributed by atoms with E-state index in [1.165, 1.54) is 12.1 Å². The normalized spacial score (nSPS) is 15.1. The molecule has 2 aromatic rings. The fourth-order valence-corrected chi connectivity index (χ4v) is 3.62. The van der Waals surface area contributed by atoms with Crippen molar-refractivity contribution in [2.45, 2.75) is 6.92 Å². The second-order valence-electron chi connectivity index (χ2n) is 6.10. The Morgan fingerprint density at radius 2 is 2.00 bits per heavy atom. The van der Waals surface area contributed by atoms with Crippen LogP contribution in [0.1, 0.15) is 11.1 Å². The first-order valence-corrected chi connectivity index (χ1v) is 9.50. The predicted octanol–water partition coefficient (Wildman–Crippen LogP) is 4.23. The van der Waals surface area contributed by atoms with Crippen LogP contribution in [0.4, 0.5) is 16.2 Å². The van der Waals surface area contributed by atoms with E-state index in [9.17, 15) is 24.5 Å². The van der Waals surface area contributed by atoms with E-state index in [2.05, 4.69) is 5.32 Å². The number of benzene rings is 2. The largest absolute Gasteiger partial charge is 0.323 e. The monoisotopic (exact) mass is 431 g/mol. The standard InChI is InChI=1S/C19H14ClN3O5S/c1-11-6-7-12(8-15(11)23(27)28)9-16-18(25)22(19(26)29-16)10-17(24)21-14-5-3-2-4-13(14)20/h2-9H,10H2,1H3,(H,21,24)/b16-9+. The number of carbonyl (C=O) groups excluding carboxylic acids is 3. The average Bonchev–Trinajstić information content (AvgIpc) is 2.92. The average molecular weight is 432 g/mol. The molecule has 2 aromatic carbocycles. The van der Waals surface area contributed by atoms with Gasteiger partial charge in [-0.1, -0.05) is 35.9 Å². The SMILES string of the molecule is Cc1ccc(/C=C2/SC(=O)N(CC(=O)Nc3ccccc3Cl)C2=O)cc1[N+](=O)[O-]. The van der Waals surface area contributed by atoms with Gasteiger partial charge in [0, 0.05) is 11.6 Å². The van der Waals surface area contributed by atoms with Gasteiger partial charge in [-0.05, 0) is 42.5 Å². The molecule has 0 unspecified atom stereocenters. The molecule has 1 N–H and O–H groups in total. The minimum absolute atomic E-state index is 0.0821. The Balaban J connectivity index is 1.75. The lowest BCUT2D eigenvalue weighted by Gasteiger charge is -2.13. The van der Waals surface area contributed by atoms with Gasteiger partial charge in [-0.15, -0.1) is 0 Å². The summed E-state index contributed by atoms with van der Waals surface area (Å²) in [4.78, 5) is 48.4. The summed E-state index contributed by atoms with van der Waals surface area (Å²) in [6.07, 6.45) is 1.39. The highest BCUT2D eigenvalue weighted by molar-refractivity contribution is 8.18. The Hall–Kier alpha value is -3.17. The Morgan fingerprint density at radius 1 is 1.28 bits per heavy atom. The number of imide groups is 1. The van der Waals surface area contributed by atoms with E-state index in [-0.39, 0.29) is 10.6 Å². The molecule has 1 fully saturated rings. The lowest BCUT2D eigenvalue weighted by molar-refractivity contribution is -0.385. The van der Waals surface area contributed by atoms with E-state index in [1.54, 1.807) is 43.3 Å². The molecule has 0 spiro atoms. The van der Waals surface area contributed by atoms with Crippen molar-refractivity contribution in [3.8, 4) is 0 Å². The van der Waals surface area contributed by atoms with Gasteiger partial charge in [-0.2, -0.15) is 0 Å². The van der Waals surface area contributed by atoms with Gasteiger partial charge in [-0.3, -0.25) is 29.4 Å². The number of amides is 3. The maximum absolute atomic E-state index is 12.5. The van der Waals surface area contributed by atoms with Crippen LogP contribution in [-0.2, 0) is 9.59 Å². The lowest BCUT2D eigenvalue weighted by atomic mass is 10.1. The van der Waals surface area contributed by atoms with Crippen molar-refractivity contribution in [1.82, 2.24) is 4.90 Å². The number of anilines is 1. The first-order chi connectivity index (χ1) is 13.8. The quantitative estimate of drug-likeness (QED) is 0.431. The molecule has 10 heteroatoms. The van der Waals surface area contributed by atoms with Gasteiger partial charge in [0.25, 0.3) is 16.8 Å². The molecule has 0 saturated carbocycles. The Labute approximate surface area is 174 Å². The number of nitro benzene ring substituents is 1. The molecule has 1 aliphatic heterocycles. The van der Waals surface area contributed by atoms with Gasteiger partial charge in [0.2, 0.25) is 5.91 Å². The number of rotatable bonds is 5. The molecule has 0 aromatic heterocycles. The first kappa shape index (κ1) is 20.6. The van der Waals surface area contributed by atoms with E-state index in [4.69, 9.17) is 11.6 Å². The number of halogens is 1.